The molecule has 4 nitrogen and oxygen atoms in total. The second kappa shape index (κ2) is 9.54. The molecule has 2 aromatic rings. The molecule has 2 aromatic carbocycles. The van der Waals surface area contributed by atoms with Gasteiger partial charge in [-0.3, -0.25) is 9.59 Å². The number of nitrogens with zero attached hydrogens (tertiary/aromatic N) is 2. The monoisotopic (exact) mass is 378 g/mol. The molecule has 0 aliphatic carbocycles. The van der Waals surface area contributed by atoms with Crippen molar-refractivity contribution in [3.05, 3.63) is 70.8 Å². The highest BCUT2D eigenvalue weighted by Crippen LogP contribution is 2.13. The van der Waals surface area contributed by atoms with Crippen LogP contribution < -0.4 is 0 Å². The van der Waals surface area contributed by atoms with Crippen molar-refractivity contribution < 1.29 is 9.59 Å². The molecule has 0 spiro atoms. The van der Waals surface area contributed by atoms with Gasteiger partial charge in [0.15, 0.2) is 0 Å². The molecule has 1 saturated heterocycles. The molecule has 2 amide bonds. The van der Waals surface area contributed by atoms with Gasteiger partial charge in [-0.15, -0.1) is 0 Å². The summed E-state index contributed by atoms with van der Waals surface area (Å²) in [4.78, 5) is 29.2. The fourth-order valence-electron chi connectivity index (χ4n) is 3.68. The highest BCUT2D eigenvalue weighted by Gasteiger charge is 2.22. The first kappa shape index (κ1) is 20.1. The number of carbonyl (C=O) groups is 2. The molecule has 0 unspecified atom stereocenters. The first-order chi connectivity index (χ1) is 13.6. The molecule has 0 atom stereocenters. The molecule has 1 heterocycles. The molecule has 28 heavy (non-hydrogen) atoms. The fraction of sp³-hybridized carbons (Fsp3) is 0.417. The van der Waals surface area contributed by atoms with Gasteiger partial charge in [0.25, 0.3) is 5.91 Å². The lowest BCUT2D eigenvalue weighted by molar-refractivity contribution is -0.131. The van der Waals surface area contributed by atoms with E-state index in [1.54, 1.807) is 0 Å². The van der Waals surface area contributed by atoms with Crippen LogP contribution in [0.1, 0.15) is 46.8 Å². The Kier molecular flexibility index (Phi) is 6.85. The maximum Gasteiger partial charge on any atom is 0.253 e. The van der Waals surface area contributed by atoms with Crippen molar-refractivity contribution in [2.24, 2.45) is 0 Å². The Morgan fingerprint density at radius 1 is 0.893 bits per heavy atom. The van der Waals surface area contributed by atoms with E-state index in [0.29, 0.717) is 26.1 Å². The number of carbonyl (C=O) groups excluding carboxylic acids is 2. The average molecular weight is 379 g/mol. The van der Waals surface area contributed by atoms with E-state index < -0.39 is 0 Å². The van der Waals surface area contributed by atoms with Gasteiger partial charge in [0.05, 0.1) is 0 Å². The van der Waals surface area contributed by atoms with E-state index in [2.05, 4.69) is 31.2 Å². The number of hydrogen-bond donors (Lipinski definition) is 0. The summed E-state index contributed by atoms with van der Waals surface area (Å²) in [5.74, 6) is 0.249. The van der Waals surface area contributed by atoms with E-state index in [1.165, 1.54) is 11.1 Å². The standard InChI is InChI=1S/C24H30N2O2/c1-3-20-8-10-21(11-9-20)12-13-23(27)25-14-5-15-26(17-16-25)24(28)22-7-4-6-19(2)18-22/h4,6-11,18H,3,5,12-17H2,1-2H3. The number of aryl methyl sites for hydroxylation is 3. The molecule has 0 bridgehead atoms. The van der Waals surface area contributed by atoms with E-state index in [9.17, 15) is 9.59 Å². The third kappa shape index (κ3) is 5.22. The maximum absolute atomic E-state index is 12.8. The van der Waals surface area contributed by atoms with Crippen molar-refractivity contribution >= 4 is 11.8 Å². The normalized spacial score (nSPS) is 14.6. The van der Waals surface area contributed by atoms with Gasteiger partial charge in [-0.25, -0.2) is 0 Å². The van der Waals surface area contributed by atoms with Gasteiger partial charge < -0.3 is 9.80 Å². The Morgan fingerprint density at radius 2 is 1.57 bits per heavy atom. The van der Waals surface area contributed by atoms with Crippen LogP contribution >= 0.6 is 0 Å². The van der Waals surface area contributed by atoms with Gasteiger partial charge >= 0.3 is 0 Å². The smallest absolute Gasteiger partial charge is 0.253 e. The second-order valence-corrected chi connectivity index (χ2v) is 7.57. The van der Waals surface area contributed by atoms with Gasteiger partial charge in [0.2, 0.25) is 5.91 Å². The zero-order valence-electron chi connectivity index (χ0n) is 17.0. The van der Waals surface area contributed by atoms with Crippen molar-refractivity contribution in [1.29, 1.82) is 0 Å². The van der Waals surface area contributed by atoms with Crippen molar-refractivity contribution in [2.75, 3.05) is 26.2 Å². The van der Waals surface area contributed by atoms with Crippen molar-refractivity contribution in [3.8, 4) is 0 Å². The number of hydrogen-bond acceptors (Lipinski definition) is 2. The predicted octanol–water partition coefficient (Wildman–Crippen LogP) is 3.86. The van der Waals surface area contributed by atoms with Crippen LogP contribution in [-0.2, 0) is 17.6 Å². The van der Waals surface area contributed by atoms with Crippen LogP contribution in [0.25, 0.3) is 0 Å². The lowest BCUT2D eigenvalue weighted by atomic mass is 10.1. The van der Waals surface area contributed by atoms with E-state index in [4.69, 9.17) is 0 Å². The van der Waals surface area contributed by atoms with Gasteiger partial charge in [-0.1, -0.05) is 48.9 Å². The molecule has 3 rings (SSSR count). The minimum Gasteiger partial charge on any atom is -0.341 e. The Hall–Kier alpha value is -2.62. The molecule has 0 aromatic heterocycles. The lowest BCUT2D eigenvalue weighted by Gasteiger charge is -2.22. The Bertz CT molecular complexity index is 814. The molecular formula is C24H30N2O2. The van der Waals surface area contributed by atoms with Crippen LogP contribution in [0, 0.1) is 6.92 Å². The number of amides is 2. The molecule has 4 heteroatoms. The number of rotatable bonds is 5. The quantitative estimate of drug-likeness (QED) is 0.793. The van der Waals surface area contributed by atoms with Crippen molar-refractivity contribution in [1.82, 2.24) is 9.80 Å². The zero-order valence-corrected chi connectivity index (χ0v) is 17.0. The van der Waals surface area contributed by atoms with Gasteiger partial charge in [0.1, 0.15) is 0 Å². The highest BCUT2D eigenvalue weighted by molar-refractivity contribution is 5.94. The van der Waals surface area contributed by atoms with Crippen LogP contribution in [-0.4, -0.2) is 47.8 Å². The Balaban J connectivity index is 1.52. The van der Waals surface area contributed by atoms with E-state index in [-0.39, 0.29) is 11.8 Å². The predicted molar refractivity (Wildman–Crippen MR) is 112 cm³/mol. The van der Waals surface area contributed by atoms with Gasteiger partial charge in [-0.05, 0) is 49.4 Å². The summed E-state index contributed by atoms with van der Waals surface area (Å²) in [6, 6.07) is 16.2. The minimum atomic E-state index is 0.0639. The minimum absolute atomic E-state index is 0.0639. The third-order valence-corrected chi connectivity index (χ3v) is 5.46. The van der Waals surface area contributed by atoms with E-state index in [0.717, 1.165) is 36.9 Å². The van der Waals surface area contributed by atoms with E-state index >= 15 is 0 Å². The van der Waals surface area contributed by atoms with Crippen LogP contribution in [0.3, 0.4) is 0 Å². The summed E-state index contributed by atoms with van der Waals surface area (Å²) in [5, 5.41) is 0. The molecule has 1 fully saturated rings. The molecule has 0 N–H and O–H groups in total. The van der Waals surface area contributed by atoms with Crippen LogP contribution in [0.2, 0.25) is 0 Å². The summed E-state index contributed by atoms with van der Waals surface area (Å²) in [6.07, 6.45) is 3.15. The molecule has 0 radical (unpaired) electrons. The molecule has 0 saturated carbocycles. The van der Waals surface area contributed by atoms with Crippen LogP contribution in [0.4, 0.5) is 0 Å². The zero-order chi connectivity index (χ0) is 19.9. The largest absolute Gasteiger partial charge is 0.341 e. The first-order valence-electron chi connectivity index (χ1n) is 10.3. The third-order valence-electron chi connectivity index (χ3n) is 5.46. The first-order valence-corrected chi connectivity index (χ1v) is 10.3. The Labute approximate surface area is 168 Å². The SMILES string of the molecule is CCc1ccc(CCC(=O)N2CCCN(C(=O)c3cccc(C)c3)CC2)cc1. The van der Waals surface area contributed by atoms with Crippen molar-refractivity contribution in [2.45, 2.75) is 39.5 Å². The van der Waals surface area contributed by atoms with Crippen LogP contribution in [0.5, 0.6) is 0 Å². The molecule has 148 valence electrons. The van der Waals surface area contributed by atoms with Crippen molar-refractivity contribution in [3.63, 3.8) is 0 Å². The average Bonchev–Trinajstić information content (AvgIpc) is 2.98. The van der Waals surface area contributed by atoms with Gasteiger partial charge in [-0.2, -0.15) is 0 Å². The summed E-state index contributed by atoms with van der Waals surface area (Å²) in [5.41, 5.74) is 4.34. The highest BCUT2D eigenvalue weighted by atomic mass is 16.2. The van der Waals surface area contributed by atoms with Crippen LogP contribution in [0.15, 0.2) is 48.5 Å². The van der Waals surface area contributed by atoms with E-state index in [1.807, 2.05) is 41.0 Å². The Morgan fingerprint density at radius 3 is 2.29 bits per heavy atom. The summed E-state index contributed by atoms with van der Waals surface area (Å²) in [6.45, 7) is 6.79. The maximum atomic E-state index is 12.8. The number of benzene rings is 2. The molecule has 1 aliphatic rings. The molecular weight excluding hydrogens is 348 g/mol. The fourth-order valence-corrected chi connectivity index (χ4v) is 3.68. The topological polar surface area (TPSA) is 40.6 Å². The lowest BCUT2D eigenvalue weighted by Crippen LogP contribution is -2.37. The molecule has 1 aliphatic heterocycles. The summed E-state index contributed by atoms with van der Waals surface area (Å²) in [7, 11) is 0. The summed E-state index contributed by atoms with van der Waals surface area (Å²) >= 11 is 0. The second-order valence-electron chi connectivity index (χ2n) is 7.57. The van der Waals surface area contributed by atoms with Gasteiger partial charge in [0, 0.05) is 38.2 Å². The summed E-state index contributed by atoms with van der Waals surface area (Å²) < 4.78 is 0.